The van der Waals surface area contributed by atoms with Crippen LogP contribution in [0.4, 0.5) is 5.69 Å². The minimum atomic E-state index is -0.700. The normalized spacial score (nSPS) is 11.4. The van der Waals surface area contributed by atoms with Gasteiger partial charge in [0, 0.05) is 0 Å². The average molecular weight is 295 g/mol. The predicted octanol–water partition coefficient (Wildman–Crippen LogP) is 1.25. The number of nitrogens with one attached hydrogen (secondary N) is 2. The van der Waals surface area contributed by atoms with Crippen LogP contribution in [0.3, 0.4) is 0 Å². The van der Waals surface area contributed by atoms with E-state index in [1.165, 1.54) is 11.0 Å². The van der Waals surface area contributed by atoms with Crippen molar-refractivity contribution in [2.75, 3.05) is 12.4 Å². The van der Waals surface area contributed by atoms with Crippen LogP contribution in [0.2, 0.25) is 5.02 Å². The van der Waals surface area contributed by atoms with Crippen molar-refractivity contribution in [2.24, 2.45) is 0 Å². The Balaban J connectivity index is 2.28. The largest absolute Gasteiger partial charge is 0.323 e. The Hall–Kier alpha value is -1.99. The SMILES string of the molecule is CNC(C)(C)C(=O)Nc1cc(-n2cnnn2)ccc1Cl. The molecule has 0 fully saturated rings. The summed E-state index contributed by atoms with van der Waals surface area (Å²) in [4.78, 5) is 12.1. The Morgan fingerprint density at radius 3 is 2.75 bits per heavy atom. The van der Waals surface area contributed by atoms with Gasteiger partial charge < -0.3 is 10.6 Å². The van der Waals surface area contributed by atoms with Crippen LogP contribution in [-0.2, 0) is 4.79 Å². The molecule has 0 aliphatic carbocycles. The Morgan fingerprint density at radius 1 is 1.40 bits per heavy atom. The lowest BCUT2D eigenvalue weighted by molar-refractivity contribution is -0.121. The highest BCUT2D eigenvalue weighted by atomic mass is 35.5. The number of anilines is 1. The third-order valence-corrected chi connectivity index (χ3v) is 3.33. The second kappa shape index (κ2) is 5.56. The number of carbonyl (C=O) groups is 1. The summed E-state index contributed by atoms with van der Waals surface area (Å²) in [6.07, 6.45) is 1.46. The van der Waals surface area contributed by atoms with Crippen LogP contribution in [0, 0.1) is 0 Å². The molecule has 20 heavy (non-hydrogen) atoms. The van der Waals surface area contributed by atoms with Crippen LogP contribution in [0.5, 0.6) is 0 Å². The van der Waals surface area contributed by atoms with E-state index >= 15 is 0 Å². The second-order valence-corrected chi connectivity index (χ2v) is 5.15. The molecule has 106 valence electrons. The zero-order valence-electron chi connectivity index (χ0n) is 11.4. The van der Waals surface area contributed by atoms with E-state index in [0.29, 0.717) is 16.4 Å². The topological polar surface area (TPSA) is 84.7 Å². The van der Waals surface area contributed by atoms with Crippen molar-refractivity contribution < 1.29 is 4.79 Å². The first-order valence-electron chi connectivity index (χ1n) is 5.97. The van der Waals surface area contributed by atoms with Crippen molar-refractivity contribution in [3.05, 3.63) is 29.5 Å². The molecule has 0 unspecified atom stereocenters. The molecule has 0 spiro atoms. The molecule has 1 aromatic heterocycles. The number of benzene rings is 1. The van der Waals surface area contributed by atoms with E-state index in [1.807, 2.05) is 0 Å². The average Bonchev–Trinajstić information content (AvgIpc) is 2.95. The highest BCUT2D eigenvalue weighted by Gasteiger charge is 2.25. The van der Waals surface area contributed by atoms with Gasteiger partial charge in [0.25, 0.3) is 0 Å². The Labute approximate surface area is 121 Å². The summed E-state index contributed by atoms with van der Waals surface area (Å²) in [7, 11) is 1.72. The van der Waals surface area contributed by atoms with Crippen LogP contribution >= 0.6 is 11.6 Å². The van der Waals surface area contributed by atoms with Gasteiger partial charge in [0.2, 0.25) is 5.91 Å². The second-order valence-electron chi connectivity index (χ2n) is 4.75. The monoisotopic (exact) mass is 294 g/mol. The molecule has 1 aromatic carbocycles. The van der Waals surface area contributed by atoms with Crippen molar-refractivity contribution >= 4 is 23.2 Å². The van der Waals surface area contributed by atoms with Gasteiger partial charge in [-0.25, -0.2) is 4.68 Å². The lowest BCUT2D eigenvalue weighted by Gasteiger charge is -2.23. The van der Waals surface area contributed by atoms with Gasteiger partial charge in [-0.15, -0.1) is 5.10 Å². The molecule has 0 bridgehead atoms. The summed E-state index contributed by atoms with van der Waals surface area (Å²) >= 11 is 6.10. The fraction of sp³-hybridized carbons (Fsp3) is 0.333. The molecule has 2 N–H and O–H groups in total. The van der Waals surface area contributed by atoms with Gasteiger partial charge in [0.15, 0.2) is 0 Å². The van der Waals surface area contributed by atoms with Gasteiger partial charge in [-0.05, 0) is 49.5 Å². The molecule has 0 aliphatic rings. The first-order chi connectivity index (χ1) is 9.44. The van der Waals surface area contributed by atoms with Crippen LogP contribution in [0.25, 0.3) is 5.69 Å². The molecule has 2 aromatic rings. The first-order valence-corrected chi connectivity index (χ1v) is 6.35. The van der Waals surface area contributed by atoms with Crippen molar-refractivity contribution in [3.63, 3.8) is 0 Å². The maximum Gasteiger partial charge on any atom is 0.244 e. The number of aromatic nitrogens is 4. The van der Waals surface area contributed by atoms with Crippen molar-refractivity contribution in [3.8, 4) is 5.69 Å². The highest BCUT2D eigenvalue weighted by Crippen LogP contribution is 2.25. The molecule has 1 amide bonds. The number of rotatable bonds is 4. The van der Waals surface area contributed by atoms with E-state index in [4.69, 9.17) is 11.6 Å². The minimum absolute atomic E-state index is 0.184. The van der Waals surface area contributed by atoms with E-state index in [-0.39, 0.29) is 5.91 Å². The van der Waals surface area contributed by atoms with Crippen LogP contribution in [0.1, 0.15) is 13.8 Å². The number of carbonyl (C=O) groups excluding carboxylic acids is 1. The minimum Gasteiger partial charge on any atom is -0.323 e. The van der Waals surface area contributed by atoms with Crippen molar-refractivity contribution in [1.29, 1.82) is 0 Å². The Kier molecular flexibility index (Phi) is 4.01. The van der Waals surface area contributed by atoms with E-state index < -0.39 is 5.54 Å². The summed E-state index contributed by atoms with van der Waals surface area (Å²) < 4.78 is 1.48. The number of hydrogen-bond donors (Lipinski definition) is 2. The predicted molar refractivity (Wildman–Crippen MR) is 75.9 cm³/mol. The molecule has 8 heteroatoms. The summed E-state index contributed by atoms with van der Waals surface area (Å²) in [6.45, 7) is 3.56. The number of halogens is 1. The van der Waals surface area contributed by atoms with Gasteiger partial charge in [0.05, 0.1) is 21.9 Å². The molecule has 0 atom stereocenters. The quantitative estimate of drug-likeness (QED) is 0.886. The molecule has 0 saturated carbocycles. The smallest absolute Gasteiger partial charge is 0.244 e. The zero-order chi connectivity index (χ0) is 14.8. The molecular formula is C12H15ClN6O. The Morgan fingerprint density at radius 2 is 2.15 bits per heavy atom. The molecular weight excluding hydrogens is 280 g/mol. The van der Waals surface area contributed by atoms with Crippen LogP contribution < -0.4 is 10.6 Å². The van der Waals surface area contributed by atoms with E-state index in [0.717, 1.165) is 0 Å². The molecule has 7 nitrogen and oxygen atoms in total. The number of nitrogens with zero attached hydrogens (tertiary/aromatic N) is 4. The van der Waals surface area contributed by atoms with E-state index in [9.17, 15) is 4.79 Å². The zero-order valence-corrected chi connectivity index (χ0v) is 12.1. The summed E-state index contributed by atoms with van der Waals surface area (Å²) in [5.74, 6) is -0.184. The third-order valence-electron chi connectivity index (χ3n) is 3.00. The van der Waals surface area contributed by atoms with Crippen molar-refractivity contribution in [2.45, 2.75) is 19.4 Å². The van der Waals surface area contributed by atoms with E-state index in [2.05, 4.69) is 26.2 Å². The lowest BCUT2D eigenvalue weighted by Crippen LogP contribution is -2.47. The maximum atomic E-state index is 12.1. The molecule has 0 radical (unpaired) electrons. The van der Waals surface area contributed by atoms with Crippen LogP contribution in [0.15, 0.2) is 24.5 Å². The number of hydrogen-bond acceptors (Lipinski definition) is 5. The number of amides is 1. The molecule has 1 heterocycles. The van der Waals surface area contributed by atoms with Crippen molar-refractivity contribution in [1.82, 2.24) is 25.5 Å². The summed E-state index contributed by atoms with van der Waals surface area (Å²) in [6, 6.07) is 5.15. The summed E-state index contributed by atoms with van der Waals surface area (Å²) in [5, 5.41) is 17.1. The molecule has 2 rings (SSSR count). The maximum absolute atomic E-state index is 12.1. The van der Waals surface area contributed by atoms with Gasteiger partial charge in [-0.2, -0.15) is 0 Å². The fourth-order valence-electron chi connectivity index (χ4n) is 1.42. The molecule has 0 aliphatic heterocycles. The fourth-order valence-corrected chi connectivity index (χ4v) is 1.59. The lowest BCUT2D eigenvalue weighted by atomic mass is 10.1. The summed E-state index contributed by atoms with van der Waals surface area (Å²) in [5.41, 5.74) is 0.513. The van der Waals surface area contributed by atoms with E-state index in [1.54, 1.807) is 39.1 Å². The Bertz CT molecular complexity index is 610. The van der Waals surface area contributed by atoms with Crippen LogP contribution in [-0.4, -0.2) is 38.7 Å². The molecule has 0 saturated heterocycles. The third kappa shape index (κ3) is 2.94. The first kappa shape index (κ1) is 14.4. The number of tetrazole rings is 1. The van der Waals surface area contributed by atoms with Gasteiger partial charge in [-0.3, -0.25) is 4.79 Å². The standard InChI is InChI=1S/C12H15ClN6O/c1-12(2,14-3)11(20)16-10-6-8(4-5-9(10)13)19-7-15-17-18-19/h4-7,14H,1-3H3,(H,16,20). The van der Waals surface area contributed by atoms with Gasteiger partial charge in [-0.1, -0.05) is 11.6 Å². The van der Waals surface area contributed by atoms with Gasteiger partial charge in [0.1, 0.15) is 6.33 Å². The number of likely N-dealkylation sites (N-methyl/N-ethyl adjacent to an activating group) is 1. The highest BCUT2D eigenvalue weighted by molar-refractivity contribution is 6.33. The van der Waals surface area contributed by atoms with Gasteiger partial charge >= 0.3 is 0 Å².